The van der Waals surface area contributed by atoms with Gasteiger partial charge < -0.3 is 5.11 Å². The van der Waals surface area contributed by atoms with Crippen molar-refractivity contribution in [1.82, 2.24) is 0 Å². The van der Waals surface area contributed by atoms with Gasteiger partial charge in [-0.25, -0.2) is 4.39 Å². The molecule has 1 N–H and O–H groups in total. The molecule has 2 aromatic rings. The van der Waals surface area contributed by atoms with Gasteiger partial charge >= 0.3 is 0 Å². The Hall–Kier alpha value is -1.73. The molecule has 2 aromatic carbocycles. The van der Waals surface area contributed by atoms with Gasteiger partial charge in [-0.05, 0) is 43.4 Å². The SMILES string of the molecule is CC(=O)c1cc(F)ccc1Pc1cc(C)ccc1O. The van der Waals surface area contributed by atoms with Crippen molar-refractivity contribution in [3.8, 4) is 5.75 Å². The molecule has 98 valence electrons. The monoisotopic (exact) mass is 276 g/mol. The van der Waals surface area contributed by atoms with Gasteiger partial charge in [-0.3, -0.25) is 4.79 Å². The third kappa shape index (κ3) is 3.18. The number of halogens is 1. The molecule has 0 amide bonds. The highest BCUT2D eigenvalue weighted by molar-refractivity contribution is 7.56. The van der Waals surface area contributed by atoms with E-state index >= 15 is 0 Å². The molecule has 0 aliphatic rings. The average molecular weight is 276 g/mol. The van der Waals surface area contributed by atoms with E-state index in [-0.39, 0.29) is 20.1 Å². The van der Waals surface area contributed by atoms with Gasteiger partial charge in [0.15, 0.2) is 5.78 Å². The second-order valence-corrected chi connectivity index (χ2v) is 5.72. The number of phenols is 1. The van der Waals surface area contributed by atoms with Crippen LogP contribution in [0.15, 0.2) is 36.4 Å². The molecule has 0 saturated heterocycles. The van der Waals surface area contributed by atoms with Gasteiger partial charge in [-0.1, -0.05) is 26.3 Å². The molecule has 0 radical (unpaired) electrons. The zero-order chi connectivity index (χ0) is 14.0. The standard InChI is InChI=1S/C15H14FO2P/c1-9-3-5-13(18)15(7-9)19-14-6-4-11(16)8-12(14)10(2)17/h3-8,18-19H,1-2H3. The summed E-state index contributed by atoms with van der Waals surface area (Å²) in [5.74, 6) is -0.399. The van der Waals surface area contributed by atoms with Crippen LogP contribution in [-0.2, 0) is 0 Å². The minimum atomic E-state index is -0.424. The van der Waals surface area contributed by atoms with E-state index in [2.05, 4.69) is 0 Å². The lowest BCUT2D eigenvalue weighted by Crippen LogP contribution is -2.13. The van der Waals surface area contributed by atoms with Crippen molar-refractivity contribution in [3.63, 3.8) is 0 Å². The molecule has 19 heavy (non-hydrogen) atoms. The van der Waals surface area contributed by atoms with E-state index in [0.29, 0.717) is 5.56 Å². The largest absolute Gasteiger partial charge is 0.507 e. The fourth-order valence-electron chi connectivity index (χ4n) is 1.81. The van der Waals surface area contributed by atoms with Gasteiger partial charge in [-0.15, -0.1) is 0 Å². The lowest BCUT2D eigenvalue weighted by atomic mass is 10.1. The highest BCUT2D eigenvalue weighted by Crippen LogP contribution is 2.21. The summed E-state index contributed by atoms with van der Waals surface area (Å²) in [7, 11) is 0.122. The third-order valence-electron chi connectivity index (χ3n) is 2.78. The number of benzene rings is 2. The summed E-state index contributed by atoms with van der Waals surface area (Å²) in [4.78, 5) is 11.5. The number of ketones is 1. The number of hydrogen-bond donors (Lipinski definition) is 1. The summed E-state index contributed by atoms with van der Waals surface area (Å²) in [5.41, 5.74) is 1.41. The van der Waals surface area contributed by atoms with Crippen LogP contribution in [0.1, 0.15) is 22.8 Å². The maximum atomic E-state index is 13.2. The maximum absolute atomic E-state index is 13.2. The first kappa shape index (κ1) is 13.7. The van der Waals surface area contributed by atoms with E-state index in [0.717, 1.165) is 16.2 Å². The molecule has 0 spiro atoms. The quantitative estimate of drug-likeness (QED) is 0.691. The highest BCUT2D eigenvalue weighted by Gasteiger charge is 2.11. The predicted molar refractivity (Wildman–Crippen MR) is 76.8 cm³/mol. The molecule has 0 saturated carbocycles. The Balaban J connectivity index is 2.43. The van der Waals surface area contributed by atoms with Crippen molar-refractivity contribution in [2.75, 3.05) is 0 Å². The Bertz CT molecular complexity index is 638. The number of Topliss-reactive ketones (excluding diaryl/α,β-unsaturated/α-hetero) is 1. The first-order chi connectivity index (χ1) is 8.97. The minimum absolute atomic E-state index is 0.122. The van der Waals surface area contributed by atoms with E-state index < -0.39 is 5.82 Å². The van der Waals surface area contributed by atoms with Gasteiger partial charge in [0.2, 0.25) is 0 Å². The molecule has 0 heterocycles. The van der Waals surface area contributed by atoms with E-state index in [1.807, 2.05) is 19.1 Å². The molecule has 2 rings (SSSR count). The smallest absolute Gasteiger partial charge is 0.160 e. The van der Waals surface area contributed by atoms with Crippen LogP contribution in [0.5, 0.6) is 5.75 Å². The van der Waals surface area contributed by atoms with Crippen LogP contribution in [0.3, 0.4) is 0 Å². The first-order valence-corrected chi connectivity index (χ1v) is 6.84. The maximum Gasteiger partial charge on any atom is 0.160 e. The second kappa shape index (κ2) is 5.50. The van der Waals surface area contributed by atoms with Crippen molar-refractivity contribution < 1.29 is 14.3 Å². The van der Waals surface area contributed by atoms with Gasteiger partial charge in [0, 0.05) is 10.9 Å². The van der Waals surface area contributed by atoms with Crippen molar-refractivity contribution in [2.45, 2.75) is 13.8 Å². The molecular formula is C15H14FO2P. The van der Waals surface area contributed by atoms with Crippen LogP contribution in [0.2, 0.25) is 0 Å². The van der Waals surface area contributed by atoms with Crippen LogP contribution in [0.4, 0.5) is 4.39 Å². The first-order valence-electron chi connectivity index (χ1n) is 5.84. The van der Waals surface area contributed by atoms with Crippen molar-refractivity contribution >= 4 is 25.0 Å². The summed E-state index contributed by atoms with van der Waals surface area (Å²) in [6, 6.07) is 9.51. The Kier molecular flexibility index (Phi) is 3.96. The molecule has 1 unspecified atom stereocenters. The van der Waals surface area contributed by atoms with Crippen molar-refractivity contribution in [1.29, 1.82) is 0 Å². The van der Waals surface area contributed by atoms with Gasteiger partial charge in [0.25, 0.3) is 0 Å². The fourth-order valence-corrected chi connectivity index (χ4v) is 3.16. The molecule has 0 bridgehead atoms. The summed E-state index contributed by atoms with van der Waals surface area (Å²) in [6.07, 6.45) is 0. The van der Waals surface area contributed by atoms with Crippen LogP contribution >= 0.6 is 8.58 Å². The number of aromatic hydroxyl groups is 1. The van der Waals surface area contributed by atoms with E-state index in [4.69, 9.17) is 0 Å². The predicted octanol–water partition coefficient (Wildman–Crippen LogP) is 2.67. The molecule has 4 heteroatoms. The molecule has 0 aromatic heterocycles. The molecule has 0 aliphatic carbocycles. The molecule has 2 nitrogen and oxygen atoms in total. The zero-order valence-electron chi connectivity index (χ0n) is 10.7. The molecule has 1 atom stereocenters. The highest BCUT2D eigenvalue weighted by atomic mass is 31.1. The molecule has 0 fully saturated rings. The summed E-state index contributed by atoms with van der Waals surface area (Å²) in [5, 5.41) is 11.3. The zero-order valence-corrected chi connectivity index (χ0v) is 11.7. The number of carbonyl (C=O) groups excluding carboxylic acids is 1. The normalized spacial score (nSPS) is 11.1. The lowest BCUT2D eigenvalue weighted by Gasteiger charge is -2.09. The Labute approximate surface area is 113 Å². The van der Waals surface area contributed by atoms with Gasteiger partial charge in [0.1, 0.15) is 11.6 Å². The van der Waals surface area contributed by atoms with Crippen LogP contribution in [0, 0.1) is 12.7 Å². The number of phenolic OH excluding ortho intramolecular Hbond substituents is 1. The van der Waals surface area contributed by atoms with Crippen LogP contribution < -0.4 is 10.6 Å². The number of aryl methyl sites for hydroxylation is 1. The van der Waals surface area contributed by atoms with E-state index in [1.54, 1.807) is 12.1 Å². The fraction of sp³-hybridized carbons (Fsp3) is 0.133. The topological polar surface area (TPSA) is 37.3 Å². The Morgan fingerprint density at radius 2 is 1.89 bits per heavy atom. The third-order valence-corrected chi connectivity index (χ3v) is 4.16. The second-order valence-electron chi connectivity index (χ2n) is 4.39. The van der Waals surface area contributed by atoms with Crippen molar-refractivity contribution in [2.24, 2.45) is 0 Å². The Morgan fingerprint density at radius 1 is 1.16 bits per heavy atom. The van der Waals surface area contributed by atoms with E-state index in [9.17, 15) is 14.3 Å². The molecule has 0 aliphatic heterocycles. The summed E-state index contributed by atoms with van der Waals surface area (Å²) >= 11 is 0. The Morgan fingerprint density at radius 3 is 2.58 bits per heavy atom. The summed E-state index contributed by atoms with van der Waals surface area (Å²) in [6.45, 7) is 3.35. The number of carbonyl (C=O) groups is 1. The lowest BCUT2D eigenvalue weighted by molar-refractivity contribution is 0.101. The summed E-state index contributed by atoms with van der Waals surface area (Å²) < 4.78 is 13.2. The van der Waals surface area contributed by atoms with Crippen molar-refractivity contribution in [3.05, 3.63) is 53.3 Å². The van der Waals surface area contributed by atoms with Crippen LogP contribution in [0.25, 0.3) is 0 Å². The molecular weight excluding hydrogens is 262 g/mol. The van der Waals surface area contributed by atoms with Gasteiger partial charge in [0.05, 0.1) is 0 Å². The van der Waals surface area contributed by atoms with Crippen LogP contribution in [-0.4, -0.2) is 10.9 Å². The van der Waals surface area contributed by atoms with Gasteiger partial charge in [-0.2, -0.15) is 0 Å². The number of rotatable bonds is 3. The number of hydrogen-bond acceptors (Lipinski definition) is 2. The average Bonchev–Trinajstić information content (AvgIpc) is 2.35. The van der Waals surface area contributed by atoms with E-state index in [1.165, 1.54) is 19.1 Å². The minimum Gasteiger partial charge on any atom is -0.507 e.